The molecule has 4 rings (SSSR count). The first-order valence-corrected chi connectivity index (χ1v) is 16.8. The van der Waals surface area contributed by atoms with Gasteiger partial charge in [-0.05, 0) is 68.3 Å². The molecule has 4 aromatic rings. The highest BCUT2D eigenvalue weighted by molar-refractivity contribution is 7.92. The highest BCUT2D eigenvalue weighted by Gasteiger charge is 2.36. The van der Waals surface area contributed by atoms with Crippen molar-refractivity contribution in [2.75, 3.05) is 18.0 Å². The number of carbonyl (C=O) groups excluding carboxylic acids is 2. The van der Waals surface area contributed by atoms with Gasteiger partial charge in [-0.2, -0.15) is 0 Å². The number of anilines is 1. The van der Waals surface area contributed by atoms with E-state index >= 15 is 0 Å². The fourth-order valence-corrected chi connectivity index (χ4v) is 6.75. The Bertz CT molecular complexity index is 1760. The lowest BCUT2D eigenvalue weighted by Crippen LogP contribution is -2.56. The van der Waals surface area contributed by atoms with Crippen molar-refractivity contribution in [2.45, 2.75) is 50.2 Å². The fraction of sp³-hybridized carbons (Fsp3) is 0.257. The lowest BCUT2D eigenvalue weighted by Gasteiger charge is -2.35. The second-order valence-corrected chi connectivity index (χ2v) is 14.4. The average molecular weight is 683 g/mol. The zero-order chi connectivity index (χ0) is 33.5. The van der Waals surface area contributed by atoms with Gasteiger partial charge in [0, 0.05) is 23.5 Å². The van der Waals surface area contributed by atoms with Crippen LogP contribution in [0.2, 0.25) is 10.0 Å². The normalized spacial score (nSPS) is 12.2. The van der Waals surface area contributed by atoms with Gasteiger partial charge in [-0.15, -0.1) is 0 Å². The van der Waals surface area contributed by atoms with Gasteiger partial charge in [0.15, 0.2) is 0 Å². The minimum Gasteiger partial charge on any atom is -0.495 e. The van der Waals surface area contributed by atoms with Crippen LogP contribution in [-0.4, -0.2) is 50.4 Å². The van der Waals surface area contributed by atoms with Crippen LogP contribution in [0, 0.1) is 0 Å². The van der Waals surface area contributed by atoms with Crippen molar-refractivity contribution in [3.05, 3.63) is 124 Å². The molecule has 0 heterocycles. The molecule has 0 aromatic heterocycles. The Morgan fingerprint density at radius 1 is 0.848 bits per heavy atom. The summed E-state index contributed by atoms with van der Waals surface area (Å²) in [5, 5.41) is 3.58. The summed E-state index contributed by atoms with van der Waals surface area (Å²) in [4.78, 5) is 29.9. The molecule has 0 saturated carbocycles. The van der Waals surface area contributed by atoms with E-state index in [1.807, 2.05) is 51.1 Å². The number of nitrogens with zero attached hydrogens (tertiary/aromatic N) is 2. The molecule has 0 aliphatic rings. The number of hydrogen-bond donors (Lipinski definition) is 1. The molecular formula is C35H37Cl2N3O5S. The predicted octanol–water partition coefficient (Wildman–Crippen LogP) is 6.75. The van der Waals surface area contributed by atoms with Crippen LogP contribution in [0.25, 0.3) is 0 Å². The number of methoxy groups -OCH3 is 1. The number of hydrogen-bond acceptors (Lipinski definition) is 5. The third-order valence-corrected chi connectivity index (χ3v) is 9.55. The van der Waals surface area contributed by atoms with E-state index in [0.29, 0.717) is 16.3 Å². The molecule has 11 heteroatoms. The minimum absolute atomic E-state index is 0.0151. The molecule has 1 atom stereocenters. The molecule has 0 aliphatic carbocycles. The van der Waals surface area contributed by atoms with Crippen molar-refractivity contribution >= 4 is 50.7 Å². The van der Waals surface area contributed by atoms with Gasteiger partial charge in [0.05, 0.1) is 22.7 Å². The van der Waals surface area contributed by atoms with Gasteiger partial charge in [0.2, 0.25) is 11.8 Å². The molecule has 46 heavy (non-hydrogen) atoms. The van der Waals surface area contributed by atoms with Crippen molar-refractivity contribution < 1.29 is 22.7 Å². The van der Waals surface area contributed by atoms with Crippen molar-refractivity contribution in [1.29, 1.82) is 0 Å². The molecule has 0 radical (unpaired) electrons. The summed E-state index contributed by atoms with van der Waals surface area (Å²) in [5.41, 5.74) is 0.973. The van der Waals surface area contributed by atoms with Gasteiger partial charge in [-0.3, -0.25) is 13.9 Å². The summed E-state index contributed by atoms with van der Waals surface area (Å²) >= 11 is 13.0. The third-order valence-electron chi connectivity index (χ3n) is 7.10. The maximum atomic E-state index is 14.6. The second-order valence-electron chi connectivity index (χ2n) is 11.7. The molecule has 2 amide bonds. The summed E-state index contributed by atoms with van der Waals surface area (Å²) in [6, 6.07) is 27.6. The Balaban J connectivity index is 1.84. The van der Waals surface area contributed by atoms with Crippen LogP contribution in [0.15, 0.2) is 108 Å². The monoisotopic (exact) mass is 681 g/mol. The van der Waals surface area contributed by atoms with Gasteiger partial charge < -0.3 is 15.0 Å². The van der Waals surface area contributed by atoms with Crippen molar-refractivity contribution in [1.82, 2.24) is 10.2 Å². The number of rotatable bonds is 12. The summed E-state index contributed by atoms with van der Waals surface area (Å²) in [7, 11) is -2.82. The number of sulfonamides is 1. The number of amides is 2. The molecule has 242 valence electrons. The van der Waals surface area contributed by atoms with Crippen LogP contribution in [0.3, 0.4) is 0 Å². The van der Waals surface area contributed by atoms with Crippen LogP contribution in [0.4, 0.5) is 5.69 Å². The van der Waals surface area contributed by atoms with Gasteiger partial charge in [0.25, 0.3) is 10.0 Å². The lowest BCUT2D eigenvalue weighted by atomic mass is 10.0. The first kappa shape index (κ1) is 34.8. The van der Waals surface area contributed by atoms with Gasteiger partial charge in [-0.25, -0.2) is 8.42 Å². The Hall–Kier alpha value is -4.05. The van der Waals surface area contributed by atoms with Gasteiger partial charge >= 0.3 is 0 Å². The lowest BCUT2D eigenvalue weighted by molar-refractivity contribution is -0.140. The number of nitrogens with one attached hydrogen (secondary N) is 1. The molecule has 1 N–H and O–H groups in total. The summed E-state index contributed by atoms with van der Waals surface area (Å²) in [5.74, 6) is -0.658. The Morgan fingerprint density at radius 2 is 1.46 bits per heavy atom. The smallest absolute Gasteiger partial charge is 0.264 e. The molecule has 0 spiro atoms. The minimum atomic E-state index is -4.27. The van der Waals surface area contributed by atoms with E-state index < -0.39 is 34.1 Å². The highest BCUT2D eigenvalue weighted by atomic mass is 35.5. The Kier molecular flexibility index (Phi) is 11.4. The summed E-state index contributed by atoms with van der Waals surface area (Å²) in [6.07, 6.45) is 0.179. The van der Waals surface area contributed by atoms with Crippen LogP contribution in [0.5, 0.6) is 5.75 Å². The summed E-state index contributed by atoms with van der Waals surface area (Å²) < 4.78 is 34.5. The van der Waals surface area contributed by atoms with E-state index in [1.54, 1.807) is 42.5 Å². The summed E-state index contributed by atoms with van der Waals surface area (Å²) in [6.45, 7) is 4.89. The van der Waals surface area contributed by atoms with E-state index in [2.05, 4.69) is 5.32 Å². The van der Waals surface area contributed by atoms with Crippen molar-refractivity contribution in [2.24, 2.45) is 0 Å². The SMILES string of the molecule is COc1ccc(N(CC(=O)N(Cc2ccccc2Cl)[C@@H](Cc2ccccc2)C(=O)NC(C)(C)C)S(=O)(=O)c2ccccc2)cc1Cl. The van der Waals surface area contributed by atoms with E-state index in [1.165, 1.54) is 42.3 Å². The molecule has 8 nitrogen and oxygen atoms in total. The third kappa shape index (κ3) is 8.81. The number of carbonyl (C=O) groups is 2. The maximum absolute atomic E-state index is 14.6. The number of halogens is 2. The molecule has 0 fully saturated rings. The number of benzene rings is 4. The average Bonchev–Trinajstić information content (AvgIpc) is 3.02. The first-order valence-electron chi connectivity index (χ1n) is 14.6. The Morgan fingerprint density at radius 3 is 2.04 bits per heavy atom. The second kappa shape index (κ2) is 15.0. The largest absolute Gasteiger partial charge is 0.495 e. The van der Waals surface area contributed by atoms with Crippen molar-refractivity contribution in [3.8, 4) is 5.75 Å². The van der Waals surface area contributed by atoms with Crippen molar-refractivity contribution in [3.63, 3.8) is 0 Å². The molecular weight excluding hydrogens is 645 g/mol. The van der Waals surface area contributed by atoms with Gasteiger partial charge in [-0.1, -0.05) is 89.9 Å². The van der Waals surface area contributed by atoms with Crippen LogP contribution in [-0.2, 0) is 32.6 Å². The van der Waals surface area contributed by atoms with Crippen LogP contribution >= 0.6 is 23.2 Å². The van der Waals surface area contributed by atoms with Crippen LogP contribution < -0.4 is 14.4 Å². The topological polar surface area (TPSA) is 96.0 Å². The van der Waals surface area contributed by atoms with Gasteiger partial charge in [0.1, 0.15) is 18.3 Å². The molecule has 0 aliphatic heterocycles. The first-order chi connectivity index (χ1) is 21.8. The standard InChI is InChI=1S/C35H37Cl2N3O5S/c1-35(2,3)38-34(42)31(21-25-13-7-5-8-14-25)39(23-26-15-11-12-18-29(26)36)33(41)24-40(27-19-20-32(45-4)30(37)22-27)46(43,44)28-16-9-6-10-17-28/h5-20,22,31H,21,23-24H2,1-4H3,(H,38,42)/t31-/m0/s1. The molecule has 0 bridgehead atoms. The quantitative estimate of drug-likeness (QED) is 0.178. The molecule has 0 unspecified atom stereocenters. The molecule has 4 aromatic carbocycles. The number of ether oxygens (including phenoxy) is 1. The van der Waals surface area contributed by atoms with E-state index in [0.717, 1.165) is 9.87 Å². The molecule has 0 saturated heterocycles. The van der Waals surface area contributed by atoms with E-state index in [4.69, 9.17) is 27.9 Å². The zero-order valence-electron chi connectivity index (χ0n) is 26.1. The maximum Gasteiger partial charge on any atom is 0.264 e. The van der Waals surface area contributed by atoms with E-state index in [-0.39, 0.29) is 34.5 Å². The fourth-order valence-electron chi connectivity index (χ4n) is 4.88. The zero-order valence-corrected chi connectivity index (χ0v) is 28.4. The Labute approximate surface area is 280 Å². The highest BCUT2D eigenvalue weighted by Crippen LogP contribution is 2.32. The van der Waals surface area contributed by atoms with Crippen LogP contribution in [0.1, 0.15) is 31.9 Å². The van der Waals surface area contributed by atoms with E-state index in [9.17, 15) is 18.0 Å². The predicted molar refractivity (Wildman–Crippen MR) is 183 cm³/mol.